The molecule has 3 aromatic rings. The second-order valence-corrected chi connectivity index (χ2v) is 8.23. The number of benzene rings is 1. The fourth-order valence-corrected chi connectivity index (χ4v) is 4.36. The first-order chi connectivity index (χ1) is 15.0. The van der Waals surface area contributed by atoms with Gasteiger partial charge in [-0.3, -0.25) is 4.90 Å². The summed E-state index contributed by atoms with van der Waals surface area (Å²) in [5.41, 5.74) is 4.73. The van der Waals surface area contributed by atoms with Gasteiger partial charge in [-0.05, 0) is 57.4 Å². The van der Waals surface area contributed by atoms with E-state index in [-0.39, 0.29) is 5.97 Å². The molecule has 0 spiro atoms. The first-order valence-corrected chi connectivity index (χ1v) is 10.9. The number of carbonyl (C=O) groups is 1. The van der Waals surface area contributed by atoms with Gasteiger partial charge in [0.15, 0.2) is 0 Å². The minimum absolute atomic E-state index is 0.323. The molecular formula is C23H30N6O2. The van der Waals surface area contributed by atoms with Gasteiger partial charge in [0.2, 0.25) is 0 Å². The van der Waals surface area contributed by atoms with Crippen molar-refractivity contribution in [3.05, 3.63) is 58.9 Å². The number of piperidine rings is 1. The number of carbonyl (C=O) groups excluding carboxylic acids is 1. The summed E-state index contributed by atoms with van der Waals surface area (Å²) in [5, 5.41) is 13.0. The van der Waals surface area contributed by atoms with Crippen molar-refractivity contribution < 1.29 is 9.53 Å². The average Bonchev–Trinajstić information content (AvgIpc) is 3.37. The normalized spacial score (nSPS) is 17.1. The molecule has 1 unspecified atom stereocenters. The molecule has 2 aromatic heterocycles. The van der Waals surface area contributed by atoms with E-state index >= 15 is 0 Å². The number of aryl methyl sites for hydroxylation is 2. The molecule has 3 heterocycles. The second kappa shape index (κ2) is 9.01. The van der Waals surface area contributed by atoms with Crippen molar-refractivity contribution in [1.29, 1.82) is 0 Å². The van der Waals surface area contributed by atoms with Crippen LogP contribution in [-0.2, 0) is 18.3 Å². The average molecular weight is 423 g/mol. The van der Waals surface area contributed by atoms with E-state index in [1.165, 1.54) is 5.56 Å². The zero-order valence-electron chi connectivity index (χ0n) is 18.7. The SMILES string of the molecule is CCOC(=O)c1cnn(-c2cccc(C)c2C)c1CN1CCCC(c2nncn2C)C1. The van der Waals surface area contributed by atoms with E-state index < -0.39 is 0 Å². The lowest BCUT2D eigenvalue weighted by atomic mass is 9.97. The van der Waals surface area contributed by atoms with Crippen LogP contribution >= 0.6 is 0 Å². The Morgan fingerprint density at radius 2 is 2.13 bits per heavy atom. The van der Waals surface area contributed by atoms with Crippen LogP contribution in [0.25, 0.3) is 5.69 Å². The van der Waals surface area contributed by atoms with E-state index in [2.05, 4.69) is 40.1 Å². The largest absolute Gasteiger partial charge is 0.462 e. The molecule has 8 nitrogen and oxygen atoms in total. The van der Waals surface area contributed by atoms with Crippen molar-refractivity contribution in [2.75, 3.05) is 19.7 Å². The Balaban J connectivity index is 1.67. The fourth-order valence-electron chi connectivity index (χ4n) is 4.36. The zero-order chi connectivity index (χ0) is 22.0. The summed E-state index contributed by atoms with van der Waals surface area (Å²) in [4.78, 5) is 15.1. The monoisotopic (exact) mass is 422 g/mol. The van der Waals surface area contributed by atoms with Crippen LogP contribution in [0, 0.1) is 13.8 Å². The highest BCUT2D eigenvalue weighted by Crippen LogP contribution is 2.28. The van der Waals surface area contributed by atoms with Crippen molar-refractivity contribution >= 4 is 5.97 Å². The molecule has 4 rings (SSSR count). The predicted octanol–water partition coefficient (Wildman–Crippen LogP) is 3.17. The van der Waals surface area contributed by atoms with Gasteiger partial charge < -0.3 is 9.30 Å². The van der Waals surface area contributed by atoms with E-state index in [0.717, 1.165) is 48.7 Å². The van der Waals surface area contributed by atoms with Gasteiger partial charge in [-0.15, -0.1) is 10.2 Å². The quantitative estimate of drug-likeness (QED) is 0.568. The highest BCUT2D eigenvalue weighted by Gasteiger charge is 2.28. The van der Waals surface area contributed by atoms with Gasteiger partial charge in [-0.25, -0.2) is 9.48 Å². The van der Waals surface area contributed by atoms with Gasteiger partial charge in [0.1, 0.15) is 17.7 Å². The number of aromatic nitrogens is 5. The van der Waals surface area contributed by atoms with Crippen LogP contribution in [0.4, 0.5) is 0 Å². The standard InChI is InChI=1S/C23H30N6O2/c1-5-31-23(30)19-12-25-29(20-10-6-8-16(2)17(20)3)21(19)14-28-11-7-9-18(13-28)22-26-24-15-27(22)4/h6,8,10,12,15,18H,5,7,9,11,13-14H2,1-4H3. The zero-order valence-corrected chi connectivity index (χ0v) is 18.7. The minimum Gasteiger partial charge on any atom is -0.462 e. The highest BCUT2D eigenvalue weighted by atomic mass is 16.5. The van der Waals surface area contributed by atoms with E-state index in [1.807, 2.05) is 35.4 Å². The van der Waals surface area contributed by atoms with E-state index in [4.69, 9.17) is 4.74 Å². The smallest absolute Gasteiger partial charge is 0.341 e. The van der Waals surface area contributed by atoms with Crippen molar-refractivity contribution in [2.45, 2.75) is 46.1 Å². The summed E-state index contributed by atoms with van der Waals surface area (Å²) in [6.45, 7) is 8.79. The maximum absolute atomic E-state index is 12.7. The molecule has 164 valence electrons. The van der Waals surface area contributed by atoms with Crippen LogP contribution in [0.1, 0.15) is 58.7 Å². The molecule has 0 amide bonds. The molecule has 8 heteroatoms. The summed E-state index contributed by atoms with van der Waals surface area (Å²) < 4.78 is 9.23. The van der Waals surface area contributed by atoms with Crippen LogP contribution in [0.15, 0.2) is 30.7 Å². The Morgan fingerprint density at radius 1 is 1.29 bits per heavy atom. The van der Waals surface area contributed by atoms with Crippen LogP contribution in [-0.4, -0.2) is 55.1 Å². The number of hydrogen-bond acceptors (Lipinski definition) is 6. The molecule has 31 heavy (non-hydrogen) atoms. The molecule has 1 atom stereocenters. The van der Waals surface area contributed by atoms with Crippen molar-refractivity contribution in [1.82, 2.24) is 29.4 Å². The predicted molar refractivity (Wildman–Crippen MR) is 117 cm³/mol. The topological polar surface area (TPSA) is 78.1 Å². The molecule has 0 radical (unpaired) electrons. The Hall–Kier alpha value is -3.00. The van der Waals surface area contributed by atoms with Crippen LogP contribution in [0.3, 0.4) is 0 Å². The molecule has 0 aliphatic carbocycles. The first kappa shape index (κ1) is 21.2. The summed E-state index contributed by atoms with van der Waals surface area (Å²) in [7, 11) is 1.99. The van der Waals surface area contributed by atoms with Crippen LogP contribution < -0.4 is 0 Å². The van der Waals surface area contributed by atoms with Crippen LogP contribution in [0.5, 0.6) is 0 Å². The molecule has 0 saturated carbocycles. The van der Waals surface area contributed by atoms with Gasteiger partial charge in [-0.2, -0.15) is 5.10 Å². The number of likely N-dealkylation sites (tertiary alicyclic amines) is 1. The second-order valence-electron chi connectivity index (χ2n) is 8.23. The molecule has 1 saturated heterocycles. The van der Waals surface area contributed by atoms with Gasteiger partial charge >= 0.3 is 5.97 Å². The Bertz CT molecular complexity index is 1070. The van der Waals surface area contributed by atoms with Gasteiger partial charge in [0.05, 0.1) is 24.2 Å². The lowest BCUT2D eigenvalue weighted by Crippen LogP contribution is -2.35. The molecule has 1 aliphatic heterocycles. The first-order valence-electron chi connectivity index (χ1n) is 10.9. The summed E-state index contributed by atoms with van der Waals surface area (Å²) in [6.07, 6.45) is 5.55. The molecule has 1 aliphatic rings. The summed E-state index contributed by atoms with van der Waals surface area (Å²) in [6, 6.07) is 6.16. The number of hydrogen-bond donors (Lipinski definition) is 0. The molecule has 1 aromatic carbocycles. The summed E-state index contributed by atoms with van der Waals surface area (Å²) in [5.74, 6) is 1.01. The van der Waals surface area contributed by atoms with Crippen molar-refractivity contribution in [2.24, 2.45) is 7.05 Å². The Labute approximate surface area is 182 Å². The number of esters is 1. The Kier molecular flexibility index (Phi) is 6.18. The number of nitrogens with zero attached hydrogens (tertiary/aromatic N) is 6. The summed E-state index contributed by atoms with van der Waals surface area (Å²) >= 11 is 0. The third kappa shape index (κ3) is 4.25. The van der Waals surface area contributed by atoms with E-state index in [9.17, 15) is 4.79 Å². The lowest BCUT2D eigenvalue weighted by molar-refractivity contribution is 0.0523. The maximum Gasteiger partial charge on any atom is 0.341 e. The Morgan fingerprint density at radius 3 is 2.87 bits per heavy atom. The molecule has 0 bridgehead atoms. The lowest BCUT2D eigenvalue weighted by Gasteiger charge is -2.32. The fraction of sp³-hybridized carbons (Fsp3) is 0.478. The minimum atomic E-state index is -0.323. The highest BCUT2D eigenvalue weighted by molar-refractivity contribution is 5.90. The van der Waals surface area contributed by atoms with E-state index in [1.54, 1.807) is 12.5 Å². The third-order valence-corrected chi connectivity index (χ3v) is 6.16. The number of rotatable bonds is 6. The van der Waals surface area contributed by atoms with Crippen molar-refractivity contribution in [3.8, 4) is 5.69 Å². The molecular weight excluding hydrogens is 392 g/mol. The maximum atomic E-state index is 12.7. The third-order valence-electron chi connectivity index (χ3n) is 6.16. The molecule has 0 N–H and O–H groups in total. The molecule has 1 fully saturated rings. The van der Waals surface area contributed by atoms with E-state index in [0.29, 0.717) is 24.6 Å². The van der Waals surface area contributed by atoms with Gasteiger partial charge in [-0.1, -0.05) is 12.1 Å². The van der Waals surface area contributed by atoms with Gasteiger partial charge in [0, 0.05) is 26.1 Å². The number of ether oxygens (including phenoxy) is 1. The van der Waals surface area contributed by atoms with Gasteiger partial charge in [0.25, 0.3) is 0 Å². The van der Waals surface area contributed by atoms with Crippen molar-refractivity contribution in [3.63, 3.8) is 0 Å². The van der Waals surface area contributed by atoms with Crippen LogP contribution in [0.2, 0.25) is 0 Å².